The Balaban J connectivity index is 3.96. The fourth-order valence-corrected chi connectivity index (χ4v) is 9.93. The molecule has 0 heterocycles. The predicted molar refractivity (Wildman–Crippen MR) is 300 cm³/mol. The van der Waals surface area contributed by atoms with Gasteiger partial charge in [0.25, 0.3) is 0 Å². The predicted octanol–water partition coefficient (Wildman–Crippen LogP) is 18.4. The Morgan fingerprint density at radius 1 is 0.493 bits per heavy atom. The zero-order valence-corrected chi connectivity index (χ0v) is 47.7. The summed E-state index contributed by atoms with van der Waals surface area (Å²) in [5, 5.41) is 14.0. The highest BCUT2D eigenvalue weighted by molar-refractivity contribution is 7.47. The van der Waals surface area contributed by atoms with Gasteiger partial charge < -0.3 is 19.8 Å². The lowest BCUT2D eigenvalue weighted by molar-refractivity contribution is -0.870. The molecular weight excluding hydrogens is 876 g/mol. The molecular formula is C60H120N2O6P+. The fraction of sp³-hybridized carbons (Fsp3) is 0.917. The molecule has 0 aromatic rings. The molecule has 0 saturated heterocycles. The van der Waals surface area contributed by atoms with Gasteiger partial charge in [0.1, 0.15) is 13.2 Å². The summed E-state index contributed by atoms with van der Waals surface area (Å²) in [7, 11) is 1.63. The van der Waals surface area contributed by atoms with Crippen molar-refractivity contribution >= 4 is 13.7 Å². The number of quaternary nitrogens is 1. The third-order valence-corrected chi connectivity index (χ3v) is 14.9. The number of unbranched alkanes of at least 4 members (excludes halogenated alkanes) is 39. The Morgan fingerprint density at radius 3 is 1.19 bits per heavy atom. The van der Waals surface area contributed by atoms with Crippen LogP contribution in [0.15, 0.2) is 24.3 Å². The van der Waals surface area contributed by atoms with Gasteiger partial charge in [0.2, 0.25) is 5.91 Å². The molecule has 0 fully saturated rings. The van der Waals surface area contributed by atoms with Crippen molar-refractivity contribution in [3.63, 3.8) is 0 Å². The number of phosphoric acid groups is 1. The van der Waals surface area contributed by atoms with Crippen LogP contribution in [0, 0.1) is 0 Å². The van der Waals surface area contributed by atoms with E-state index in [4.69, 9.17) is 9.05 Å². The van der Waals surface area contributed by atoms with Crippen LogP contribution in [0.25, 0.3) is 0 Å². The first-order valence-electron chi connectivity index (χ1n) is 30.2. The molecule has 3 N–H and O–H groups in total. The zero-order chi connectivity index (χ0) is 50.6. The van der Waals surface area contributed by atoms with Gasteiger partial charge in [0.15, 0.2) is 0 Å². The molecule has 69 heavy (non-hydrogen) atoms. The number of aliphatic hydroxyl groups excluding tert-OH is 1. The lowest BCUT2D eigenvalue weighted by Crippen LogP contribution is -2.46. The highest BCUT2D eigenvalue weighted by Gasteiger charge is 2.28. The molecule has 410 valence electrons. The van der Waals surface area contributed by atoms with E-state index in [1.165, 1.54) is 231 Å². The summed E-state index contributed by atoms with van der Waals surface area (Å²) in [5.74, 6) is -0.139. The number of likely N-dealkylation sites (N-methyl/N-ethyl adjacent to an activating group) is 1. The number of hydrogen-bond donors (Lipinski definition) is 3. The van der Waals surface area contributed by atoms with E-state index in [-0.39, 0.29) is 19.1 Å². The summed E-state index contributed by atoms with van der Waals surface area (Å²) < 4.78 is 23.8. The second kappa shape index (κ2) is 51.9. The molecule has 3 atom stereocenters. The van der Waals surface area contributed by atoms with Crippen molar-refractivity contribution in [1.29, 1.82) is 0 Å². The molecule has 9 heteroatoms. The maximum absolute atomic E-state index is 13.0. The molecule has 3 unspecified atom stereocenters. The number of hydrogen-bond acceptors (Lipinski definition) is 5. The van der Waals surface area contributed by atoms with E-state index in [1.54, 1.807) is 0 Å². The summed E-state index contributed by atoms with van der Waals surface area (Å²) in [4.78, 5) is 23.3. The van der Waals surface area contributed by atoms with Crippen LogP contribution in [0.1, 0.15) is 303 Å². The average Bonchev–Trinajstić information content (AvgIpc) is 3.31. The molecule has 0 spiro atoms. The largest absolute Gasteiger partial charge is 0.472 e. The SMILES string of the molecule is CCCCCCC/C=C\C/C=C\CCCCCCCCCCCCCCCCCCCCCCCC(=O)NC(COP(=O)(O)OCC[N+](C)(C)C)C(O)CCCCCCCCCCCCCCCC. The molecule has 8 nitrogen and oxygen atoms in total. The van der Waals surface area contributed by atoms with Gasteiger partial charge in [0, 0.05) is 6.42 Å². The summed E-state index contributed by atoms with van der Waals surface area (Å²) in [6.07, 6.45) is 65.4. The van der Waals surface area contributed by atoms with Crippen molar-refractivity contribution in [2.24, 2.45) is 0 Å². The van der Waals surface area contributed by atoms with Gasteiger partial charge in [-0.1, -0.05) is 276 Å². The minimum atomic E-state index is -4.32. The smallest absolute Gasteiger partial charge is 0.391 e. The second-order valence-electron chi connectivity index (χ2n) is 22.1. The number of nitrogens with zero attached hydrogens (tertiary/aromatic N) is 1. The Bertz CT molecular complexity index is 1170. The molecule has 0 radical (unpaired) electrons. The summed E-state index contributed by atoms with van der Waals surface area (Å²) >= 11 is 0. The van der Waals surface area contributed by atoms with E-state index in [9.17, 15) is 19.4 Å². The number of nitrogens with one attached hydrogen (secondary N) is 1. The number of carbonyl (C=O) groups is 1. The Labute approximate surface area is 430 Å². The lowest BCUT2D eigenvalue weighted by Gasteiger charge is -2.26. The molecule has 0 saturated carbocycles. The Hall–Kier alpha value is -1.02. The average molecular weight is 997 g/mol. The molecule has 0 aliphatic heterocycles. The fourth-order valence-electron chi connectivity index (χ4n) is 9.20. The summed E-state index contributed by atoms with van der Waals surface area (Å²) in [6, 6.07) is -0.757. The van der Waals surface area contributed by atoms with Crippen molar-refractivity contribution in [2.75, 3.05) is 40.9 Å². The first kappa shape index (κ1) is 68.0. The number of aliphatic hydroxyl groups is 1. The van der Waals surface area contributed by atoms with Crippen LogP contribution in [0.2, 0.25) is 0 Å². The van der Waals surface area contributed by atoms with E-state index < -0.39 is 20.0 Å². The topological polar surface area (TPSA) is 105 Å². The van der Waals surface area contributed by atoms with Crippen LogP contribution in [-0.2, 0) is 18.4 Å². The highest BCUT2D eigenvalue weighted by Crippen LogP contribution is 2.43. The maximum atomic E-state index is 13.0. The minimum absolute atomic E-state index is 0.0773. The molecule has 0 aliphatic carbocycles. The van der Waals surface area contributed by atoms with Gasteiger partial charge in [-0.05, 0) is 44.9 Å². The van der Waals surface area contributed by atoms with E-state index in [1.807, 2.05) is 21.1 Å². The van der Waals surface area contributed by atoms with E-state index in [2.05, 4.69) is 43.5 Å². The second-order valence-corrected chi connectivity index (χ2v) is 23.5. The number of rotatable bonds is 56. The van der Waals surface area contributed by atoms with E-state index in [0.717, 1.165) is 44.9 Å². The third-order valence-electron chi connectivity index (χ3n) is 14.0. The maximum Gasteiger partial charge on any atom is 0.472 e. The molecule has 0 aromatic carbocycles. The highest BCUT2D eigenvalue weighted by atomic mass is 31.2. The molecule has 1 amide bonds. The zero-order valence-electron chi connectivity index (χ0n) is 46.8. The quantitative estimate of drug-likeness (QED) is 0.0243. The lowest BCUT2D eigenvalue weighted by atomic mass is 10.0. The van der Waals surface area contributed by atoms with Gasteiger partial charge in [0.05, 0.1) is 39.9 Å². The third kappa shape index (κ3) is 54.6. The Morgan fingerprint density at radius 2 is 0.826 bits per heavy atom. The minimum Gasteiger partial charge on any atom is -0.391 e. The van der Waals surface area contributed by atoms with Crippen molar-refractivity contribution in [2.45, 2.75) is 315 Å². The van der Waals surface area contributed by atoms with Crippen molar-refractivity contribution in [3.8, 4) is 0 Å². The van der Waals surface area contributed by atoms with Gasteiger partial charge in [-0.15, -0.1) is 0 Å². The summed E-state index contributed by atoms with van der Waals surface area (Å²) in [6.45, 7) is 4.91. The summed E-state index contributed by atoms with van der Waals surface area (Å²) in [5.41, 5.74) is 0. The van der Waals surface area contributed by atoms with Crippen molar-refractivity contribution in [3.05, 3.63) is 24.3 Å². The normalized spacial score (nSPS) is 14.0. The van der Waals surface area contributed by atoms with Gasteiger partial charge >= 0.3 is 7.82 Å². The van der Waals surface area contributed by atoms with Crippen LogP contribution in [0.3, 0.4) is 0 Å². The molecule has 0 rings (SSSR count). The first-order chi connectivity index (χ1) is 33.5. The Kier molecular flexibility index (Phi) is 51.1. The van der Waals surface area contributed by atoms with Crippen LogP contribution in [0.4, 0.5) is 0 Å². The van der Waals surface area contributed by atoms with Crippen molar-refractivity contribution in [1.82, 2.24) is 5.32 Å². The number of allylic oxidation sites excluding steroid dienone is 4. The van der Waals surface area contributed by atoms with Gasteiger partial charge in [-0.2, -0.15) is 0 Å². The van der Waals surface area contributed by atoms with Gasteiger partial charge in [-0.3, -0.25) is 13.8 Å². The standard InChI is InChI=1S/C60H119N2O6P/c1-6-8-10-12-14-16-18-20-22-23-24-25-26-27-28-29-30-31-32-33-34-35-36-37-38-39-40-42-44-46-48-50-52-54-60(64)61-58(57-68-69(65,66)67-56-55-62(3,4)5)59(63)53-51-49-47-45-43-41-21-19-17-15-13-11-9-7-2/h18,20,23-24,58-59,63H,6-17,19,21-22,25-57H2,1-5H3,(H-,61,64,65,66)/p+1/b20-18-,24-23-. The molecule has 0 aliphatic rings. The first-order valence-corrected chi connectivity index (χ1v) is 31.7. The number of amides is 1. The van der Waals surface area contributed by atoms with Crippen LogP contribution in [0.5, 0.6) is 0 Å². The van der Waals surface area contributed by atoms with Crippen LogP contribution in [-0.4, -0.2) is 73.4 Å². The van der Waals surface area contributed by atoms with E-state index >= 15 is 0 Å². The van der Waals surface area contributed by atoms with Crippen molar-refractivity contribution < 1.29 is 32.9 Å². The van der Waals surface area contributed by atoms with Gasteiger partial charge in [-0.25, -0.2) is 4.57 Å². The molecule has 0 bridgehead atoms. The number of carbonyl (C=O) groups excluding carboxylic acids is 1. The van der Waals surface area contributed by atoms with E-state index in [0.29, 0.717) is 23.9 Å². The monoisotopic (exact) mass is 996 g/mol. The van der Waals surface area contributed by atoms with Crippen LogP contribution >= 0.6 is 7.82 Å². The molecule has 0 aromatic heterocycles. The van der Waals surface area contributed by atoms with Crippen LogP contribution < -0.4 is 5.32 Å². The number of phosphoric ester groups is 1.